The van der Waals surface area contributed by atoms with Crippen LogP contribution in [0, 0.1) is 0 Å². The van der Waals surface area contributed by atoms with Crippen LogP contribution in [0.5, 0.6) is 0 Å². The van der Waals surface area contributed by atoms with Crippen molar-refractivity contribution < 1.29 is 0 Å². The highest BCUT2D eigenvalue weighted by molar-refractivity contribution is 8.13. The van der Waals surface area contributed by atoms with Gasteiger partial charge in [0, 0.05) is 5.56 Å². The fourth-order valence-electron chi connectivity index (χ4n) is 3.22. The van der Waals surface area contributed by atoms with Crippen LogP contribution in [0.3, 0.4) is 0 Å². The Balaban J connectivity index is 1.98. The quantitative estimate of drug-likeness (QED) is 0.646. The minimum atomic E-state index is -0.576. The average Bonchev–Trinajstić information content (AvgIpc) is 3.11. The standard InChI is InChI=1S/C22H18N2S/c1-25-21-22(18-13-7-3-8-14-18,19-15-9-4-10-16-19)24-20(23-21)17-11-5-2-6-12-17/h2-16H,1H3. The molecular formula is C22H18N2S. The summed E-state index contributed by atoms with van der Waals surface area (Å²) < 4.78 is 0. The molecule has 3 heteroatoms. The number of benzene rings is 3. The van der Waals surface area contributed by atoms with Crippen molar-refractivity contribution in [2.75, 3.05) is 6.26 Å². The molecule has 1 aliphatic heterocycles. The first-order chi connectivity index (χ1) is 12.3. The summed E-state index contributed by atoms with van der Waals surface area (Å²) in [6.45, 7) is 0. The van der Waals surface area contributed by atoms with E-state index in [1.54, 1.807) is 11.8 Å². The van der Waals surface area contributed by atoms with E-state index in [1.165, 1.54) is 0 Å². The van der Waals surface area contributed by atoms with Crippen molar-refractivity contribution in [3.63, 3.8) is 0 Å². The third-order valence-electron chi connectivity index (χ3n) is 4.40. The van der Waals surface area contributed by atoms with Crippen molar-refractivity contribution in [3.05, 3.63) is 108 Å². The minimum Gasteiger partial charge on any atom is -0.242 e. The second-order valence-electron chi connectivity index (χ2n) is 5.86. The summed E-state index contributed by atoms with van der Waals surface area (Å²) in [4.78, 5) is 10.1. The summed E-state index contributed by atoms with van der Waals surface area (Å²) in [5, 5.41) is 1.00. The summed E-state index contributed by atoms with van der Waals surface area (Å²) in [6, 6.07) is 31.1. The van der Waals surface area contributed by atoms with Crippen LogP contribution >= 0.6 is 11.8 Å². The largest absolute Gasteiger partial charge is 0.242 e. The van der Waals surface area contributed by atoms with Gasteiger partial charge in [-0.3, -0.25) is 0 Å². The summed E-state index contributed by atoms with van der Waals surface area (Å²) in [5.41, 5.74) is 2.75. The van der Waals surface area contributed by atoms with Gasteiger partial charge in [0.25, 0.3) is 0 Å². The van der Waals surface area contributed by atoms with Crippen LogP contribution in [0.1, 0.15) is 16.7 Å². The summed E-state index contributed by atoms with van der Waals surface area (Å²) in [7, 11) is 0. The zero-order chi connectivity index (χ0) is 17.1. The van der Waals surface area contributed by atoms with E-state index < -0.39 is 5.54 Å². The molecule has 0 aromatic heterocycles. The molecule has 0 saturated carbocycles. The third-order valence-corrected chi connectivity index (χ3v) is 5.17. The molecule has 122 valence electrons. The molecule has 4 rings (SSSR count). The molecule has 0 radical (unpaired) electrons. The first kappa shape index (κ1) is 15.9. The van der Waals surface area contributed by atoms with E-state index >= 15 is 0 Å². The first-order valence-corrected chi connectivity index (χ1v) is 9.46. The Hall–Kier alpha value is -2.65. The van der Waals surface area contributed by atoms with Gasteiger partial charge in [-0.25, -0.2) is 9.98 Å². The lowest BCUT2D eigenvalue weighted by Crippen LogP contribution is -2.31. The van der Waals surface area contributed by atoms with E-state index in [9.17, 15) is 0 Å². The van der Waals surface area contributed by atoms with Gasteiger partial charge in [0.05, 0.1) is 0 Å². The number of nitrogens with zero attached hydrogens (tertiary/aromatic N) is 2. The van der Waals surface area contributed by atoms with Crippen LogP contribution in [0.25, 0.3) is 0 Å². The minimum absolute atomic E-state index is 0.576. The maximum atomic E-state index is 5.17. The molecule has 0 N–H and O–H groups in total. The zero-order valence-electron chi connectivity index (χ0n) is 14.0. The van der Waals surface area contributed by atoms with Gasteiger partial charge in [-0.1, -0.05) is 91.0 Å². The third kappa shape index (κ3) is 2.71. The van der Waals surface area contributed by atoms with Crippen molar-refractivity contribution >= 4 is 22.6 Å². The Labute approximate surface area is 152 Å². The predicted molar refractivity (Wildman–Crippen MR) is 108 cm³/mol. The Morgan fingerprint density at radius 3 is 1.64 bits per heavy atom. The van der Waals surface area contributed by atoms with Gasteiger partial charge in [-0.15, -0.1) is 11.8 Å². The topological polar surface area (TPSA) is 24.7 Å². The maximum absolute atomic E-state index is 5.17. The van der Waals surface area contributed by atoms with Gasteiger partial charge in [-0.2, -0.15) is 0 Å². The highest BCUT2D eigenvalue weighted by atomic mass is 32.2. The maximum Gasteiger partial charge on any atom is 0.161 e. The zero-order valence-corrected chi connectivity index (χ0v) is 14.8. The fourth-order valence-corrected chi connectivity index (χ4v) is 3.97. The van der Waals surface area contributed by atoms with Crippen LogP contribution in [-0.2, 0) is 5.54 Å². The lowest BCUT2D eigenvalue weighted by atomic mass is 9.84. The normalized spacial score (nSPS) is 15.6. The average molecular weight is 342 g/mol. The molecule has 0 amide bonds. The van der Waals surface area contributed by atoms with Crippen molar-refractivity contribution in [2.24, 2.45) is 9.98 Å². The van der Waals surface area contributed by atoms with E-state index in [0.717, 1.165) is 27.6 Å². The van der Waals surface area contributed by atoms with E-state index in [1.807, 2.05) is 30.3 Å². The molecule has 2 nitrogen and oxygen atoms in total. The Morgan fingerprint density at radius 2 is 1.16 bits per heavy atom. The van der Waals surface area contributed by atoms with Gasteiger partial charge < -0.3 is 0 Å². The lowest BCUT2D eigenvalue weighted by Gasteiger charge is -2.28. The van der Waals surface area contributed by atoms with Crippen LogP contribution < -0.4 is 0 Å². The van der Waals surface area contributed by atoms with E-state index in [4.69, 9.17) is 9.98 Å². The van der Waals surface area contributed by atoms with Gasteiger partial charge in [0.1, 0.15) is 5.04 Å². The van der Waals surface area contributed by atoms with E-state index in [-0.39, 0.29) is 0 Å². The molecule has 0 fully saturated rings. The van der Waals surface area contributed by atoms with Crippen molar-refractivity contribution in [2.45, 2.75) is 5.54 Å². The number of aliphatic imine (C=N–C) groups is 2. The molecule has 3 aromatic rings. The molecule has 0 aliphatic carbocycles. The first-order valence-electron chi connectivity index (χ1n) is 8.24. The smallest absolute Gasteiger partial charge is 0.161 e. The second-order valence-corrected chi connectivity index (χ2v) is 6.66. The van der Waals surface area contributed by atoms with Gasteiger partial charge >= 0.3 is 0 Å². The van der Waals surface area contributed by atoms with Crippen molar-refractivity contribution in [1.29, 1.82) is 0 Å². The molecule has 0 unspecified atom stereocenters. The molecule has 0 atom stereocenters. The molecule has 1 aliphatic rings. The number of thioether (sulfide) groups is 1. The van der Waals surface area contributed by atoms with Crippen LogP contribution in [0.2, 0.25) is 0 Å². The van der Waals surface area contributed by atoms with Crippen LogP contribution in [0.4, 0.5) is 0 Å². The molecule has 3 aromatic carbocycles. The SMILES string of the molecule is CSC1=NC(c2ccccc2)=NC1(c1ccccc1)c1ccccc1. The highest BCUT2D eigenvalue weighted by Gasteiger charge is 2.43. The molecule has 0 bridgehead atoms. The van der Waals surface area contributed by atoms with E-state index in [0.29, 0.717) is 0 Å². The number of rotatable bonds is 3. The van der Waals surface area contributed by atoms with Gasteiger partial charge in [-0.05, 0) is 17.4 Å². The predicted octanol–water partition coefficient (Wildman–Crippen LogP) is 5.15. The summed E-state index contributed by atoms with van der Waals surface area (Å²) in [6.07, 6.45) is 2.07. The Morgan fingerprint density at radius 1 is 0.680 bits per heavy atom. The molecule has 0 spiro atoms. The second kappa shape index (κ2) is 6.69. The lowest BCUT2D eigenvalue weighted by molar-refractivity contribution is 0.758. The van der Waals surface area contributed by atoms with Crippen LogP contribution in [0.15, 0.2) is 101 Å². The Kier molecular flexibility index (Phi) is 4.24. The molecular weight excluding hydrogens is 324 g/mol. The monoisotopic (exact) mass is 342 g/mol. The molecule has 1 heterocycles. The van der Waals surface area contributed by atoms with Gasteiger partial charge in [0.15, 0.2) is 11.4 Å². The van der Waals surface area contributed by atoms with Gasteiger partial charge in [0.2, 0.25) is 0 Å². The van der Waals surface area contributed by atoms with E-state index in [2.05, 4.69) is 66.9 Å². The number of amidine groups is 1. The van der Waals surface area contributed by atoms with Crippen molar-refractivity contribution in [3.8, 4) is 0 Å². The molecule has 25 heavy (non-hydrogen) atoms. The summed E-state index contributed by atoms with van der Waals surface area (Å²) in [5.74, 6) is 0.789. The Bertz CT molecular complexity index is 877. The highest BCUT2D eigenvalue weighted by Crippen LogP contribution is 2.42. The number of hydrogen-bond acceptors (Lipinski definition) is 3. The number of hydrogen-bond donors (Lipinski definition) is 0. The van der Waals surface area contributed by atoms with Crippen molar-refractivity contribution in [1.82, 2.24) is 0 Å². The van der Waals surface area contributed by atoms with Crippen LogP contribution in [-0.4, -0.2) is 17.1 Å². The molecule has 0 saturated heterocycles. The summed E-state index contributed by atoms with van der Waals surface area (Å²) >= 11 is 1.66. The fraction of sp³-hybridized carbons (Fsp3) is 0.0909.